The zero-order valence-corrected chi connectivity index (χ0v) is 16.0. The number of nitriles is 1. The number of amides is 1. The van der Waals surface area contributed by atoms with Crippen molar-refractivity contribution in [1.29, 1.82) is 5.26 Å². The number of aromatic nitrogens is 1. The first-order valence-corrected chi connectivity index (χ1v) is 9.38. The van der Waals surface area contributed by atoms with Gasteiger partial charge in [-0.1, -0.05) is 19.4 Å². The van der Waals surface area contributed by atoms with Gasteiger partial charge in [-0.05, 0) is 49.5 Å². The highest BCUT2D eigenvalue weighted by Gasteiger charge is 2.07. The van der Waals surface area contributed by atoms with E-state index in [0.29, 0.717) is 30.6 Å². The van der Waals surface area contributed by atoms with Gasteiger partial charge in [0.1, 0.15) is 0 Å². The summed E-state index contributed by atoms with van der Waals surface area (Å²) in [5, 5.41) is 14.4. The van der Waals surface area contributed by atoms with E-state index in [0.717, 1.165) is 31.4 Å². The third-order valence-electron chi connectivity index (χ3n) is 4.01. The van der Waals surface area contributed by atoms with Crippen LogP contribution in [-0.4, -0.2) is 23.4 Å². The number of guanidine groups is 1. The number of allylic oxidation sites excluding steroid dienone is 3. The Morgan fingerprint density at radius 1 is 1.39 bits per heavy atom. The first-order chi connectivity index (χ1) is 13.7. The lowest BCUT2D eigenvalue weighted by atomic mass is 10.0. The molecule has 0 saturated carbocycles. The van der Waals surface area contributed by atoms with Crippen molar-refractivity contribution in [2.24, 2.45) is 10.9 Å². The highest BCUT2D eigenvalue weighted by molar-refractivity contribution is 5.94. The second-order valence-electron chi connectivity index (χ2n) is 6.44. The van der Waals surface area contributed by atoms with Crippen LogP contribution in [0.2, 0.25) is 0 Å². The molecule has 1 aliphatic rings. The molecular weight excluding hydrogens is 356 g/mol. The SMILES string of the molecule is CC1C=CC(ONC(=O)CCCCCN=C(NC#N)Nc2ccncc2)=CC1.[HH].[HH].[HH]. The maximum absolute atomic E-state index is 11.8. The van der Waals surface area contributed by atoms with Crippen LogP contribution in [0, 0.1) is 17.4 Å². The summed E-state index contributed by atoms with van der Waals surface area (Å²) >= 11 is 0. The molecule has 8 heteroatoms. The Bertz CT molecular complexity index is 766. The molecule has 28 heavy (non-hydrogen) atoms. The molecule has 0 aliphatic heterocycles. The minimum absolute atomic E-state index is 0. The molecular formula is C20H32N6O2. The first-order valence-electron chi connectivity index (χ1n) is 9.38. The molecule has 0 radical (unpaired) electrons. The van der Waals surface area contributed by atoms with Crippen LogP contribution in [0.4, 0.5) is 5.69 Å². The Hall–Kier alpha value is -3.34. The molecule has 0 fully saturated rings. The van der Waals surface area contributed by atoms with Crippen molar-refractivity contribution in [2.75, 3.05) is 11.9 Å². The Morgan fingerprint density at radius 2 is 2.21 bits per heavy atom. The van der Waals surface area contributed by atoms with E-state index in [9.17, 15) is 4.79 Å². The summed E-state index contributed by atoms with van der Waals surface area (Å²) in [7, 11) is 0. The lowest BCUT2D eigenvalue weighted by Gasteiger charge is -2.12. The number of hydrogen-bond acceptors (Lipinski definition) is 5. The third kappa shape index (κ3) is 8.36. The number of nitrogens with zero attached hydrogens (tertiary/aromatic N) is 3. The smallest absolute Gasteiger partial charge is 0.252 e. The Morgan fingerprint density at radius 3 is 2.93 bits per heavy atom. The van der Waals surface area contributed by atoms with Gasteiger partial charge >= 0.3 is 0 Å². The molecule has 1 aromatic rings. The van der Waals surface area contributed by atoms with Gasteiger partial charge in [0.15, 0.2) is 12.0 Å². The molecule has 0 aromatic carbocycles. The number of hydrogen-bond donors (Lipinski definition) is 3. The minimum Gasteiger partial charge on any atom is -0.380 e. The summed E-state index contributed by atoms with van der Waals surface area (Å²) in [6, 6.07) is 3.57. The van der Waals surface area contributed by atoms with E-state index in [2.05, 4.69) is 39.1 Å². The van der Waals surface area contributed by atoms with Crippen molar-refractivity contribution < 1.29 is 13.9 Å². The Labute approximate surface area is 169 Å². The van der Waals surface area contributed by atoms with E-state index in [-0.39, 0.29) is 10.2 Å². The molecule has 0 bridgehead atoms. The molecule has 1 unspecified atom stereocenters. The fourth-order valence-corrected chi connectivity index (χ4v) is 2.45. The summed E-state index contributed by atoms with van der Waals surface area (Å²) in [6.45, 7) is 2.68. The number of rotatable bonds is 9. The molecule has 3 N–H and O–H groups in total. The topological polar surface area (TPSA) is 111 Å². The van der Waals surface area contributed by atoms with Gasteiger partial charge in [0, 0.05) is 35.3 Å². The molecule has 8 nitrogen and oxygen atoms in total. The number of hydroxylamine groups is 1. The van der Waals surface area contributed by atoms with Gasteiger partial charge in [-0.25, -0.2) is 0 Å². The first kappa shape index (κ1) is 21.0. The monoisotopic (exact) mass is 388 g/mol. The van der Waals surface area contributed by atoms with Gasteiger partial charge in [0.05, 0.1) is 0 Å². The van der Waals surface area contributed by atoms with Crippen LogP contribution in [0.3, 0.4) is 0 Å². The Kier molecular flexibility index (Phi) is 9.08. The van der Waals surface area contributed by atoms with Crippen molar-refractivity contribution in [3.8, 4) is 6.19 Å². The lowest BCUT2D eigenvalue weighted by Crippen LogP contribution is -2.27. The van der Waals surface area contributed by atoms with Crippen LogP contribution in [0.1, 0.15) is 43.3 Å². The van der Waals surface area contributed by atoms with Crippen molar-refractivity contribution in [2.45, 2.75) is 39.0 Å². The van der Waals surface area contributed by atoms with E-state index in [1.807, 2.05) is 18.3 Å². The van der Waals surface area contributed by atoms with Crippen molar-refractivity contribution in [3.05, 3.63) is 48.5 Å². The maximum atomic E-state index is 11.8. The second kappa shape index (κ2) is 12.1. The quantitative estimate of drug-likeness (QED) is 0.148. The number of anilines is 1. The van der Waals surface area contributed by atoms with Crippen LogP contribution in [-0.2, 0) is 9.63 Å². The van der Waals surface area contributed by atoms with Crippen LogP contribution in [0.25, 0.3) is 0 Å². The lowest BCUT2D eigenvalue weighted by molar-refractivity contribution is -0.130. The zero-order chi connectivity index (χ0) is 20.0. The van der Waals surface area contributed by atoms with E-state index in [1.54, 1.807) is 24.5 Å². The highest BCUT2D eigenvalue weighted by atomic mass is 16.7. The largest absolute Gasteiger partial charge is 0.380 e. The van der Waals surface area contributed by atoms with Gasteiger partial charge in [0.2, 0.25) is 5.96 Å². The predicted octanol–water partition coefficient (Wildman–Crippen LogP) is 3.75. The van der Waals surface area contributed by atoms with Crippen molar-refractivity contribution >= 4 is 17.6 Å². The standard InChI is InChI=1S/C20H26N6O2.3H2/c1-16-6-8-18(9-7-16)28-26-19(27)5-3-2-4-12-23-20(24-15-21)25-17-10-13-22-14-11-17;;;/h6,8-11,13-14,16H,2-5,7,12H2,1H3,(H,26,27)(H2,22,23,24,25);3*1H. The molecule has 154 valence electrons. The van der Waals surface area contributed by atoms with Gasteiger partial charge < -0.3 is 10.2 Å². The van der Waals surface area contributed by atoms with E-state index in [1.165, 1.54) is 0 Å². The average Bonchev–Trinajstić information content (AvgIpc) is 2.71. The fourth-order valence-electron chi connectivity index (χ4n) is 2.45. The molecule has 1 aromatic heterocycles. The van der Waals surface area contributed by atoms with Crippen LogP contribution < -0.4 is 16.1 Å². The van der Waals surface area contributed by atoms with Crippen molar-refractivity contribution in [1.82, 2.24) is 15.8 Å². The second-order valence-corrected chi connectivity index (χ2v) is 6.44. The number of carbonyl (C=O) groups excluding carboxylic acids is 1. The number of nitrogens with one attached hydrogen (secondary N) is 3. The van der Waals surface area contributed by atoms with Crippen molar-refractivity contribution in [3.63, 3.8) is 0 Å². The number of unbranched alkanes of at least 4 members (excludes halogenated alkanes) is 2. The molecule has 1 heterocycles. The summed E-state index contributed by atoms with van der Waals surface area (Å²) in [5.74, 6) is 1.44. The molecule has 0 spiro atoms. The summed E-state index contributed by atoms with van der Waals surface area (Å²) in [4.78, 5) is 25.4. The fraction of sp³-hybridized carbons (Fsp3) is 0.400. The maximum Gasteiger partial charge on any atom is 0.252 e. The third-order valence-corrected chi connectivity index (χ3v) is 4.01. The Balaban J connectivity index is 0. The molecule has 1 aliphatic carbocycles. The highest BCUT2D eigenvalue weighted by Crippen LogP contribution is 2.15. The summed E-state index contributed by atoms with van der Waals surface area (Å²) in [6.07, 6.45) is 14.8. The number of carbonyl (C=O) groups is 1. The average molecular weight is 389 g/mol. The molecule has 2 rings (SSSR count). The zero-order valence-electron chi connectivity index (χ0n) is 16.0. The summed E-state index contributed by atoms with van der Waals surface area (Å²) in [5.41, 5.74) is 3.27. The van der Waals surface area contributed by atoms with Gasteiger partial charge in [-0.15, -0.1) is 0 Å². The molecule has 1 amide bonds. The predicted molar refractivity (Wildman–Crippen MR) is 114 cm³/mol. The normalized spacial score (nSPS) is 15.9. The summed E-state index contributed by atoms with van der Waals surface area (Å²) < 4.78 is 0. The molecule has 0 saturated heterocycles. The molecule has 1 atom stereocenters. The number of aliphatic imine (C=N–C) groups is 1. The van der Waals surface area contributed by atoms with Crippen LogP contribution >= 0.6 is 0 Å². The van der Waals surface area contributed by atoms with Gasteiger partial charge in [0.25, 0.3) is 5.91 Å². The van der Waals surface area contributed by atoms with Crippen LogP contribution in [0.5, 0.6) is 0 Å². The van der Waals surface area contributed by atoms with E-state index in [4.69, 9.17) is 10.1 Å². The van der Waals surface area contributed by atoms with Crippen LogP contribution in [0.15, 0.2) is 53.5 Å². The van der Waals surface area contributed by atoms with Gasteiger partial charge in [-0.3, -0.25) is 20.1 Å². The minimum atomic E-state index is -0.136. The van der Waals surface area contributed by atoms with E-state index < -0.39 is 0 Å². The van der Waals surface area contributed by atoms with Gasteiger partial charge in [-0.2, -0.15) is 10.7 Å². The van der Waals surface area contributed by atoms with E-state index >= 15 is 0 Å². The number of pyridine rings is 1.